The maximum atomic E-state index is 10.8. The summed E-state index contributed by atoms with van der Waals surface area (Å²) in [6, 6.07) is 9.41. The van der Waals surface area contributed by atoms with Crippen molar-refractivity contribution in [3.05, 3.63) is 58.2 Å². The van der Waals surface area contributed by atoms with Gasteiger partial charge in [0, 0.05) is 5.56 Å². The summed E-state index contributed by atoms with van der Waals surface area (Å²) in [6.07, 6.45) is 1.21. The van der Waals surface area contributed by atoms with Crippen molar-refractivity contribution in [1.82, 2.24) is 19.9 Å². The van der Waals surface area contributed by atoms with Gasteiger partial charge in [-0.1, -0.05) is 35.5 Å². The maximum absolute atomic E-state index is 10.8. The summed E-state index contributed by atoms with van der Waals surface area (Å²) >= 11 is 0. The molecule has 0 saturated carbocycles. The van der Waals surface area contributed by atoms with Crippen molar-refractivity contribution in [2.75, 3.05) is 0 Å². The molecule has 0 saturated heterocycles. The molecule has 3 aromatic rings. The number of nitro groups is 1. The fourth-order valence-electron chi connectivity index (χ4n) is 1.93. The zero-order chi connectivity index (χ0) is 14.8. The number of hydrogen-bond acceptors (Lipinski definition) is 6. The summed E-state index contributed by atoms with van der Waals surface area (Å²) in [6.45, 7) is 1.82. The Morgan fingerprint density at radius 2 is 2.10 bits per heavy atom. The van der Waals surface area contributed by atoms with Crippen molar-refractivity contribution in [2.45, 2.75) is 13.5 Å². The van der Waals surface area contributed by atoms with Gasteiger partial charge in [-0.05, 0) is 6.92 Å². The zero-order valence-electron chi connectivity index (χ0n) is 11.1. The molecule has 0 fully saturated rings. The van der Waals surface area contributed by atoms with Crippen LogP contribution in [0.25, 0.3) is 11.4 Å². The van der Waals surface area contributed by atoms with Crippen LogP contribution in [0.4, 0.5) is 5.69 Å². The molecule has 0 aliphatic rings. The van der Waals surface area contributed by atoms with Gasteiger partial charge in [-0.2, -0.15) is 10.1 Å². The fourth-order valence-corrected chi connectivity index (χ4v) is 1.93. The van der Waals surface area contributed by atoms with Gasteiger partial charge in [0.05, 0.1) is 4.92 Å². The van der Waals surface area contributed by atoms with E-state index in [-0.39, 0.29) is 12.2 Å². The van der Waals surface area contributed by atoms with Crippen LogP contribution in [0.5, 0.6) is 0 Å². The molecule has 2 heterocycles. The van der Waals surface area contributed by atoms with Crippen LogP contribution >= 0.6 is 0 Å². The van der Waals surface area contributed by atoms with Crippen LogP contribution in [0.3, 0.4) is 0 Å². The standard InChI is InChI=1S/C13H11N5O3/c1-9-11(18(19)20)7-14-17(9)8-12-15-13(16-21-12)10-5-3-2-4-6-10/h2-7H,8H2,1H3. The number of benzene rings is 1. The van der Waals surface area contributed by atoms with Gasteiger partial charge in [0.1, 0.15) is 18.4 Å². The Hall–Kier alpha value is -3.03. The normalized spacial score (nSPS) is 10.7. The maximum Gasteiger partial charge on any atom is 0.309 e. The second-order valence-corrected chi connectivity index (χ2v) is 4.41. The topological polar surface area (TPSA) is 99.9 Å². The molecule has 8 heteroatoms. The smallest absolute Gasteiger partial charge is 0.309 e. The summed E-state index contributed by atoms with van der Waals surface area (Å²) < 4.78 is 6.61. The van der Waals surface area contributed by atoms with E-state index in [1.807, 2.05) is 30.3 Å². The molecule has 8 nitrogen and oxygen atoms in total. The molecule has 0 atom stereocenters. The van der Waals surface area contributed by atoms with Crippen LogP contribution in [0.2, 0.25) is 0 Å². The van der Waals surface area contributed by atoms with Crippen molar-refractivity contribution in [1.29, 1.82) is 0 Å². The van der Waals surface area contributed by atoms with Crippen molar-refractivity contribution in [3.63, 3.8) is 0 Å². The van der Waals surface area contributed by atoms with Gasteiger partial charge < -0.3 is 4.52 Å². The monoisotopic (exact) mass is 285 g/mol. The van der Waals surface area contributed by atoms with Crippen LogP contribution in [-0.2, 0) is 6.54 Å². The van der Waals surface area contributed by atoms with Crippen LogP contribution in [0, 0.1) is 17.0 Å². The van der Waals surface area contributed by atoms with E-state index in [1.54, 1.807) is 6.92 Å². The lowest BCUT2D eigenvalue weighted by Gasteiger charge is -1.98. The van der Waals surface area contributed by atoms with Gasteiger partial charge in [0.25, 0.3) is 0 Å². The predicted molar refractivity (Wildman–Crippen MR) is 72.5 cm³/mol. The SMILES string of the molecule is Cc1c([N+](=O)[O-])cnn1Cc1nc(-c2ccccc2)no1. The van der Waals surface area contributed by atoms with Gasteiger partial charge in [0.2, 0.25) is 11.7 Å². The molecule has 0 aliphatic carbocycles. The van der Waals surface area contributed by atoms with Gasteiger partial charge in [0.15, 0.2) is 0 Å². The fraction of sp³-hybridized carbons (Fsp3) is 0.154. The largest absolute Gasteiger partial charge is 0.337 e. The summed E-state index contributed by atoms with van der Waals surface area (Å²) in [5.74, 6) is 0.819. The highest BCUT2D eigenvalue weighted by molar-refractivity contribution is 5.53. The molecule has 0 aliphatic heterocycles. The molecule has 0 radical (unpaired) electrons. The van der Waals surface area contributed by atoms with E-state index < -0.39 is 4.92 Å². The minimum absolute atomic E-state index is 0.0298. The predicted octanol–water partition coefficient (Wildman–Crippen LogP) is 2.20. The Kier molecular flexibility index (Phi) is 3.19. The van der Waals surface area contributed by atoms with E-state index in [1.165, 1.54) is 10.9 Å². The van der Waals surface area contributed by atoms with Crippen LogP contribution in [0.15, 0.2) is 41.1 Å². The molecular weight excluding hydrogens is 274 g/mol. The first-order valence-corrected chi connectivity index (χ1v) is 6.20. The first-order valence-electron chi connectivity index (χ1n) is 6.20. The van der Waals surface area contributed by atoms with Crippen LogP contribution < -0.4 is 0 Å². The van der Waals surface area contributed by atoms with E-state index in [9.17, 15) is 10.1 Å². The second-order valence-electron chi connectivity index (χ2n) is 4.41. The van der Waals surface area contributed by atoms with Crippen LogP contribution in [-0.4, -0.2) is 24.8 Å². The molecule has 0 bridgehead atoms. The molecule has 3 rings (SSSR count). The molecular formula is C13H11N5O3. The van der Waals surface area contributed by atoms with E-state index in [0.29, 0.717) is 17.4 Å². The van der Waals surface area contributed by atoms with Gasteiger partial charge in [-0.25, -0.2) is 0 Å². The van der Waals surface area contributed by atoms with Crippen molar-refractivity contribution in [2.24, 2.45) is 0 Å². The third kappa shape index (κ3) is 2.50. The summed E-state index contributed by atoms with van der Waals surface area (Å²) in [5, 5.41) is 18.6. The average Bonchev–Trinajstić information content (AvgIpc) is 3.08. The minimum Gasteiger partial charge on any atom is -0.337 e. The molecule has 0 spiro atoms. The molecule has 0 unspecified atom stereocenters. The molecule has 106 valence electrons. The summed E-state index contributed by atoms with van der Waals surface area (Å²) in [5.41, 5.74) is 1.26. The molecule has 21 heavy (non-hydrogen) atoms. The highest BCUT2D eigenvalue weighted by atomic mass is 16.6. The van der Waals surface area contributed by atoms with Crippen molar-refractivity contribution >= 4 is 5.69 Å². The lowest BCUT2D eigenvalue weighted by atomic mass is 10.2. The molecule has 2 aromatic heterocycles. The van der Waals surface area contributed by atoms with E-state index in [0.717, 1.165) is 5.56 Å². The number of aromatic nitrogens is 4. The lowest BCUT2D eigenvalue weighted by molar-refractivity contribution is -0.385. The first kappa shape index (κ1) is 13.0. The molecule has 1 aromatic carbocycles. The minimum atomic E-state index is -0.470. The van der Waals surface area contributed by atoms with Gasteiger partial charge in [-0.15, -0.1) is 0 Å². The Morgan fingerprint density at radius 3 is 2.76 bits per heavy atom. The zero-order valence-corrected chi connectivity index (χ0v) is 11.1. The highest BCUT2D eigenvalue weighted by Gasteiger charge is 2.18. The summed E-state index contributed by atoms with van der Waals surface area (Å²) in [7, 11) is 0. The lowest BCUT2D eigenvalue weighted by Crippen LogP contribution is -2.04. The quantitative estimate of drug-likeness (QED) is 0.538. The Labute approximate surface area is 119 Å². The number of hydrogen-bond donors (Lipinski definition) is 0. The Bertz CT molecular complexity index is 778. The van der Waals surface area contributed by atoms with Gasteiger partial charge in [-0.3, -0.25) is 14.8 Å². The highest BCUT2D eigenvalue weighted by Crippen LogP contribution is 2.18. The third-order valence-electron chi connectivity index (χ3n) is 3.06. The van der Waals surface area contributed by atoms with E-state index >= 15 is 0 Å². The van der Waals surface area contributed by atoms with Crippen LogP contribution in [0.1, 0.15) is 11.6 Å². The average molecular weight is 285 g/mol. The first-order chi connectivity index (χ1) is 10.1. The van der Waals surface area contributed by atoms with Crippen molar-refractivity contribution < 1.29 is 9.45 Å². The van der Waals surface area contributed by atoms with Crippen molar-refractivity contribution in [3.8, 4) is 11.4 Å². The molecule has 0 N–H and O–H groups in total. The van der Waals surface area contributed by atoms with E-state index in [4.69, 9.17) is 4.52 Å². The van der Waals surface area contributed by atoms with Gasteiger partial charge >= 0.3 is 5.69 Å². The number of nitrogens with zero attached hydrogens (tertiary/aromatic N) is 5. The second kappa shape index (κ2) is 5.16. The Balaban J connectivity index is 1.84. The number of rotatable bonds is 4. The summed E-state index contributed by atoms with van der Waals surface area (Å²) in [4.78, 5) is 14.6. The third-order valence-corrected chi connectivity index (χ3v) is 3.06. The van der Waals surface area contributed by atoms with E-state index in [2.05, 4.69) is 15.2 Å². The Morgan fingerprint density at radius 1 is 1.33 bits per heavy atom. The molecule has 0 amide bonds.